The summed E-state index contributed by atoms with van der Waals surface area (Å²) < 4.78 is 25.1. The lowest BCUT2D eigenvalue weighted by Gasteiger charge is -2.26. The Balaban J connectivity index is 1.59. The van der Waals surface area contributed by atoms with E-state index in [0.717, 1.165) is 41.1 Å². The molecule has 11 heteroatoms. The van der Waals surface area contributed by atoms with Crippen LogP contribution in [0.25, 0.3) is 0 Å². The third-order valence-corrected chi connectivity index (χ3v) is 6.10. The molecule has 0 amide bonds. The minimum Gasteiger partial charge on any atom is -0.325 e. The Bertz CT molecular complexity index is 1260. The Morgan fingerprint density at radius 1 is 1.03 bits per heavy atom. The maximum Gasteiger partial charge on any atom is 0.269 e. The summed E-state index contributed by atoms with van der Waals surface area (Å²) in [6.45, 7) is 0. The zero-order valence-electron chi connectivity index (χ0n) is 15.8. The van der Waals surface area contributed by atoms with E-state index in [4.69, 9.17) is 11.6 Å². The van der Waals surface area contributed by atoms with Crippen LogP contribution >= 0.6 is 11.6 Å². The molecule has 31 heavy (non-hydrogen) atoms. The summed E-state index contributed by atoms with van der Waals surface area (Å²) >= 11 is 6.16. The van der Waals surface area contributed by atoms with Gasteiger partial charge in [0, 0.05) is 28.4 Å². The number of non-ortho nitro benzene ring substituents is 1. The van der Waals surface area contributed by atoms with Crippen LogP contribution < -0.4 is 15.6 Å². The van der Waals surface area contributed by atoms with E-state index in [2.05, 4.69) is 20.6 Å². The second-order valence-electron chi connectivity index (χ2n) is 6.63. The molecule has 0 unspecified atom stereocenters. The number of fused-ring (bicyclic) bond motifs is 1. The number of anilines is 1. The topological polar surface area (TPSA) is 126 Å². The standard InChI is InChI=1S/C20H16ClN5O4S/c21-14-6-11-18-17(12-14)19(13-4-2-1-3-5-13)23-20(22-18)24-25-31(29,30)16-9-7-15(8-10-16)26(27)28/h1-12,19,25H,(H2,22,23,24)/t19-/m0/s1. The molecule has 1 aliphatic heterocycles. The summed E-state index contributed by atoms with van der Waals surface area (Å²) in [6.07, 6.45) is 0. The van der Waals surface area contributed by atoms with Gasteiger partial charge in [-0.3, -0.25) is 15.5 Å². The van der Waals surface area contributed by atoms with Gasteiger partial charge in [-0.2, -0.15) is 0 Å². The van der Waals surface area contributed by atoms with Crippen molar-refractivity contribution in [3.05, 3.63) is 99.1 Å². The van der Waals surface area contributed by atoms with Crippen LogP contribution in [-0.4, -0.2) is 19.3 Å². The van der Waals surface area contributed by atoms with E-state index in [9.17, 15) is 18.5 Å². The molecule has 0 radical (unpaired) electrons. The summed E-state index contributed by atoms with van der Waals surface area (Å²) in [4.78, 5) is 16.9. The van der Waals surface area contributed by atoms with Crippen molar-refractivity contribution in [2.24, 2.45) is 4.99 Å². The maximum absolute atomic E-state index is 12.6. The molecule has 3 N–H and O–H groups in total. The number of nitrogens with one attached hydrogen (secondary N) is 3. The van der Waals surface area contributed by atoms with E-state index in [0.29, 0.717) is 5.02 Å². The third kappa shape index (κ3) is 4.50. The number of hydrogen-bond donors (Lipinski definition) is 3. The van der Waals surface area contributed by atoms with Gasteiger partial charge in [0.1, 0.15) is 6.04 Å². The van der Waals surface area contributed by atoms with E-state index >= 15 is 0 Å². The molecular weight excluding hydrogens is 442 g/mol. The normalized spacial score (nSPS) is 15.4. The highest BCUT2D eigenvalue weighted by atomic mass is 35.5. The van der Waals surface area contributed by atoms with Crippen molar-refractivity contribution in [1.29, 1.82) is 0 Å². The molecule has 0 aromatic heterocycles. The fourth-order valence-corrected chi connectivity index (χ4v) is 4.13. The molecule has 0 saturated heterocycles. The summed E-state index contributed by atoms with van der Waals surface area (Å²) in [6, 6.07) is 19.0. The number of guanidine groups is 1. The average molecular weight is 458 g/mol. The molecule has 158 valence electrons. The number of rotatable bonds is 5. The molecule has 9 nitrogen and oxygen atoms in total. The summed E-state index contributed by atoms with van der Waals surface area (Å²) in [5, 5.41) is 14.4. The summed E-state index contributed by atoms with van der Waals surface area (Å²) in [5.41, 5.74) is 4.87. The Kier molecular flexibility index (Phi) is 5.59. The van der Waals surface area contributed by atoms with E-state index < -0.39 is 21.0 Å². The first-order chi connectivity index (χ1) is 14.8. The lowest BCUT2D eigenvalue weighted by Crippen LogP contribution is -2.46. The molecule has 1 aliphatic rings. The lowest BCUT2D eigenvalue weighted by atomic mass is 9.96. The number of halogens is 1. The van der Waals surface area contributed by atoms with Gasteiger partial charge in [-0.15, -0.1) is 4.83 Å². The number of hydrogen-bond acceptors (Lipinski definition) is 7. The largest absolute Gasteiger partial charge is 0.325 e. The van der Waals surface area contributed by atoms with Gasteiger partial charge in [0.15, 0.2) is 0 Å². The molecule has 0 bridgehead atoms. The molecular formula is C20H16ClN5O4S. The highest BCUT2D eigenvalue weighted by Crippen LogP contribution is 2.36. The van der Waals surface area contributed by atoms with Gasteiger partial charge < -0.3 is 5.32 Å². The zero-order valence-corrected chi connectivity index (χ0v) is 17.4. The van der Waals surface area contributed by atoms with Gasteiger partial charge in [-0.05, 0) is 35.9 Å². The maximum atomic E-state index is 12.6. The molecule has 0 saturated carbocycles. The molecule has 1 heterocycles. The highest BCUT2D eigenvalue weighted by Gasteiger charge is 2.24. The smallest absolute Gasteiger partial charge is 0.269 e. The number of nitro groups is 1. The predicted octanol–water partition coefficient (Wildman–Crippen LogP) is 3.60. The molecule has 4 rings (SSSR count). The monoisotopic (exact) mass is 457 g/mol. The predicted molar refractivity (Wildman–Crippen MR) is 117 cm³/mol. The molecule has 0 fully saturated rings. The molecule has 0 spiro atoms. The number of hydrazine groups is 1. The minimum absolute atomic E-state index is 0.131. The van der Waals surface area contributed by atoms with Crippen molar-refractivity contribution in [3.63, 3.8) is 0 Å². The average Bonchev–Trinajstić information content (AvgIpc) is 2.78. The minimum atomic E-state index is -3.99. The van der Waals surface area contributed by atoms with Crippen LogP contribution in [0.4, 0.5) is 11.4 Å². The van der Waals surface area contributed by atoms with Crippen LogP contribution in [0.2, 0.25) is 5.02 Å². The van der Waals surface area contributed by atoms with Crippen LogP contribution in [0.3, 0.4) is 0 Å². The van der Waals surface area contributed by atoms with Crippen LogP contribution in [0, 0.1) is 10.1 Å². The zero-order chi connectivity index (χ0) is 22.0. The summed E-state index contributed by atoms with van der Waals surface area (Å²) in [7, 11) is -3.99. The Labute approximate surface area is 183 Å². The first kappa shape index (κ1) is 20.8. The molecule has 3 aromatic rings. The number of benzene rings is 3. The molecule has 0 aliphatic carbocycles. The van der Waals surface area contributed by atoms with Crippen molar-refractivity contribution in [2.45, 2.75) is 10.9 Å². The van der Waals surface area contributed by atoms with Crippen molar-refractivity contribution in [3.8, 4) is 0 Å². The van der Waals surface area contributed by atoms with Gasteiger partial charge >= 0.3 is 0 Å². The van der Waals surface area contributed by atoms with Gasteiger partial charge in [0.05, 0.1) is 9.82 Å². The number of sulfonamides is 1. The second-order valence-corrected chi connectivity index (χ2v) is 8.75. The third-order valence-electron chi connectivity index (χ3n) is 4.60. The van der Waals surface area contributed by atoms with E-state index in [1.165, 1.54) is 0 Å². The van der Waals surface area contributed by atoms with Crippen LogP contribution in [0.15, 0.2) is 82.7 Å². The van der Waals surface area contributed by atoms with Crippen molar-refractivity contribution in [1.82, 2.24) is 10.3 Å². The van der Waals surface area contributed by atoms with E-state index in [1.54, 1.807) is 12.1 Å². The molecule has 1 atom stereocenters. The summed E-state index contributed by atoms with van der Waals surface area (Å²) in [5.74, 6) is 0.189. The van der Waals surface area contributed by atoms with E-state index in [1.807, 2.05) is 36.4 Å². The number of nitro benzene ring substituents is 1. The van der Waals surface area contributed by atoms with Gasteiger partial charge in [0.2, 0.25) is 5.96 Å². The molecule has 3 aromatic carbocycles. The van der Waals surface area contributed by atoms with Crippen molar-refractivity contribution < 1.29 is 13.3 Å². The van der Waals surface area contributed by atoms with Crippen LogP contribution in [0.5, 0.6) is 0 Å². The fraction of sp³-hybridized carbons (Fsp3) is 0.0500. The van der Waals surface area contributed by atoms with Crippen molar-refractivity contribution in [2.75, 3.05) is 5.32 Å². The first-order valence-electron chi connectivity index (χ1n) is 9.05. The van der Waals surface area contributed by atoms with Gasteiger partial charge in [-0.25, -0.2) is 13.4 Å². The van der Waals surface area contributed by atoms with Gasteiger partial charge in [-0.1, -0.05) is 41.9 Å². The highest BCUT2D eigenvalue weighted by molar-refractivity contribution is 7.89. The number of aliphatic imine (C=N–C) groups is 1. The van der Waals surface area contributed by atoms with Crippen molar-refractivity contribution >= 4 is 39.0 Å². The SMILES string of the molecule is O=[N+]([O-])c1ccc(S(=O)(=O)NNC2=N[C@@H](c3ccccc3)c3cc(Cl)ccc3N2)cc1. The Hall–Kier alpha value is -3.47. The second kappa shape index (κ2) is 8.34. The first-order valence-corrected chi connectivity index (χ1v) is 10.9. The number of nitrogens with zero attached hydrogens (tertiary/aromatic N) is 2. The Morgan fingerprint density at radius 2 is 1.74 bits per heavy atom. The quantitative estimate of drug-likeness (QED) is 0.397. The van der Waals surface area contributed by atoms with Crippen LogP contribution in [0.1, 0.15) is 17.2 Å². The lowest BCUT2D eigenvalue weighted by molar-refractivity contribution is -0.384. The van der Waals surface area contributed by atoms with Crippen LogP contribution in [-0.2, 0) is 10.0 Å². The van der Waals surface area contributed by atoms with Gasteiger partial charge in [0.25, 0.3) is 15.7 Å². The Morgan fingerprint density at radius 3 is 2.42 bits per heavy atom. The fourth-order valence-electron chi connectivity index (χ4n) is 3.11. The van der Waals surface area contributed by atoms with E-state index in [-0.39, 0.29) is 16.5 Å².